The van der Waals surface area contributed by atoms with Crippen molar-refractivity contribution in [3.05, 3.63) is 62.0 Å². The van der Waals surface area contributed by atoms with Gasteiger partial charge in [-0.3, -0.25) is 4.79 Å². The predicted molar refractivity (Wildman–Crippen MR) is 99.0 cm³/mol. The molecule has 0 aliphatic heterocycles. The van der Waals surface area contributed by atoms with Crippen molar-refractivity contribution in [1.29, 1.82) is 0 Å². The molecule has 1 N–H and O–H groups in total. The van der Waals surface area contributed by atoms with Crippen LogP contribution in [0.15, 0.2) is 50.4 Å². The van der Waals surface area contributed by atoms with Crippen LogP contribution in [0.5, 0.6) is 5.75 Å². The molecule has 0 unspecified atom stereocenters. The maximum absolute atomic E-state index is 11.8. The average molecular weight is 440 g/mol. The van der Waals surface area contributed by atoms with Crippen molar-refractivity contribution < 1.29 is 9.53 Å². The number of aryl methyl sites for hydroxylation is 2. The molecule has 0 heterocycles. The van der Waals surface area contributed by atoms with Crippen LogP contribution < -0.4 is 10.2 Å². The summed E-state index contributed by atoms with van der Waals surface area (Å²) in [4.78, 5) is 11.8. The Bertz CT molecular complexity index is 705. The molecule has 0 aliphatic rings. The highest BCUT2D eigenvalue weighted by molar-refractivity contribution is 9.10. The van der Waals surface area contributed by atoms with Gasteiger partial charge in [0.15, 0.2) is 6.61 Å². The van der Waals surface area contributed by atoms with Crippen molar-refractivity contribution >= 4 is 44.0 Å². The van der Waals surface area contributed by atoms with Gasteiger partial charge in [-0.05, 0) is 54.8 Å². The van der Waals surface area contributed by atoms with Gasteiger partial charge >= 0.3 is 0 Å². The van der Waals surface area contributed by atoms with Crippen molar-refractivity contribution in [3.8, 4) is 5.75 Å². The summed E-state index contributed by atoms with van der Waals surface area (Å²) in [6.45, 7) is 3.80. The van der Waals surface area contributed by atoms with Crippen molar-refractivity contribution in [2.24, 2.45) is 5.10 Å². The fraction of sp³-hybridized carbons (Fsp3) is 0.176. The Kier molecular flexibility index (Phi) is 6.36. The Morgan fingerprint density at radius 3 is 2.35 bits per heavy atom. The molecule has 0 saturated carbocycles. The van der Waals surface area contributed by atoms with Gasteiger partial charge in [-0.2, -0.15) is 5.10 Å². The third-order valence-corrected chi connectivity index (χ3v) is 4.03. The summed E-state index contributed by atoms with van der Waals surface area (Å²) < 4.78 is 7.57. The van der Waals surface area contributed by atoms with Gasteiger partial charge in [0.1, 0.15) is 5.75 Å². The zero-order valence-corrected chi connectivity index (χ0v) is 15.9. The zero-order valence-electron chi connectivity index (χ0n) is 12.8. The second kappa shape index (κ2) is 8.26. The minimum Gasteiger partial charge on any atom is -0.483 e. The van der Waals surface area contributed by atoms with Crippen LogP contribution in [-0.2, 0) is 4.79 Å². The molecule has 0 atom stereocenters. The van der Waals surface area contributed by atoms with Crippen molar-refractivity contribution in [3.63, 3.8) is 0 Å². The molecule has 6 heteroatoms. The molecular formula is C17H16Br2N2O2. The van der Waals surface area contributed by atoms with Gasteiger partial charge in [-0.25, -0.2) is 5.43 Å². The third-order valence-electron chi connectivity index (χ3n) is 3.05. The molecule has 2 aromatic rings. The number of benzene rings is 2. The molecule has 0 aromatic heterocycles. The number of rotatable bonds is 5. The highest BCUT2D eigenvalue weighted by atomic mass is 79.9. The van der Waals surface area contributed by atoms with E-state index in [0.717, 1.165) is 31.4 Å². The summed E-state index contributed by atoms with van der Waals surface area (Å²) in [5.41, 5.74) is 5.30. The summed E-state index contributed by atoms with van der Waals surface area (Å²) in [5, 5.41) is 3.92. The Morgan fingerprint density at radius 1 is 1.13 bits per heavy atom. The first-order valence-electron chi connectivity index (χ1n) is 6.92. The summed E-state index contributed by atoms with van der Waals surface area (Å²) in [6.07, 6.45) is 1.58. The van der Waals surface area contributed by atoms with Crippen molar-refractivity contribution in [2.75, 3.05) is 6.61 Å². The molecule has 0 spiro atoms. The van der Waals surface area contributed by atoms with E-state index in [9.17, 15) is 4.79 Å². The van der Waals surface area contributed by atoms with E-state index in [0.29, 0.717) is 0 Å². The fourth-order valence-electron chi connectivity index (χ4n) is 2.02. The summed E-state index contributed by atoms with van der Waals surface area (Å²) >= 11 is 6.79. The number of nitrogens with one attached hydrogen (secondary N) is 1. The fourth-order valence-corrected chi connectivity index (χ4v) is 2.97. The third kappa shape index (κ3) is 5.48. The van der Waals surface area contributed by atoms with Gasteiger partial charge in [0.25, 0.3) is 5.91 Å². The second-order valence-electron chi connectivity index (χ2n) is 5.00. The van der Waals surface area contributed by atoms with Gasteiger partial charge in [0.05, 0.1) is 6.21 Å². The molecule has 2 rings (SSSR count). The molecule has 0 saturated heterocycles. The molecule has 0 bridgehead atoms. The molecule has 2 aromatic carbocycles. The molecular weight excluding hydrogens is 424 g/mol. The zero-order chi connectivity index (χ0) is 16.8. The summed E-state index contributed by atoms with van der Waals surface area (Å²) in [5.74, 6) is 0.417. The van der Waals surface area contributed by atoms with E-state index in [1.54, 1.807) is 6.21 Å². The lowest BCUT2D eigenvalue weighted by atomic mass is 10.1. The predicted octanol–water partition coefficient (Wildman–Crippen LogP) is 4.36. The number of hydrogen-bond donors (Lipinski definition) is 1. The first-order chi connectivity index (χ1) is 11.0. The van der Waals surface area contributed by atoms with E-state index in [1.165, 1.54) is 0 Å². The van der Waals surface area contributed by atoms with E-state index in [2.05, 4.69) is 42.4 Å². The second-order valence-corrected chi connectivity index (χ2v) is 6.83. The molecule has 4 nitrogen and oxygen atoms in total. The van der Waals surface area contributed by atoms with E-state index in [1.807, 2.05) is 50.2 Å². The number of nitrogens with zero attached hydrogens (tertiary/aromatic N) is 1. The van der Waals surface area contributed by atoms with Crippen LogP contribution in [0, 0.1) is 13.8 Å². The number of carbonyl (C=O) groups is 1. The molecule has 1 amide bonds. The molecule has 23 heavy (non-hydrogen) atoms. The maximum atomic E-state index is 11.8. The minimum atomic E-state index is -0.305. The Morgan fingerprint density at radius 2 is 1.74 bits per heavy atom. The van der Waals surface area contributed by atoms with Gasteiger partial charge in [0, 0.05) is 8.95 Å². The van der Waals surface area contributed by atoms with Crippen molar-refractivity contribution in [1.82, 2.24) is 5.43 Å². The average Bonchev–Trinajstić information content (AvgIpc) is 2.48. The van der Waals surface area contributed by atoms with E-state index in [4.69, 9.17) is 4.74 Å². The highest BCUT2D eigenvalue weighted by Gasteiger charge is 2.08. The Balaban J connectivity index is 1.87. The lowest BCUT2D eigenvalue weighted by Gasteiger charge is -2.11. The number of ether oxygens (including phenoxy) is 1. The van der Waals surface area contributed by atoms with E-state index in [-0.39, 0.29) is 12.5 Å². The molecule has 0 fully saturated rings. The SMILES string of the molecule is Cc1cc(Br)cc(C)c1OCC(=O)N/N=C\c1ccc(Br)cc1. The van der Waals surface area contributed by atoms with Crippen LogP contribution in [0.4, 0.5) is 0 Å². The standard InChI is InChI=1S/C17H16Br2N2O2/c1-11-7-15(19)8-12(2)17(11)23-10-16(22)21-20-9-13-3-5-14(18)6-4-13/h3-9H,10H2,1-2H3,(H,21,22)/b20-9-. The van der Waals surface area contributed by atoms with E-state index >= 15 is 0 Å². The summed E-state index contributed by atoms with van der Waals surface area (Å²) in [6, 6.07) is 11.5. The van der Waals surface area contributed by atoms with Gasteiger partial charge in [-0.1, -0.05) is 44.0 Å². The van der Waals surface area contributed by atoms with Gasteiger partial charge < -0.3 is 4.74 Å². The van der Waals surface area contributed by atoms with Crippen LogP contribution in [0.3, 0.4) is 0 Å². The number of amides is 1. The smallest absolute Gasteiger partial charge is 0.277 e. The molecule has 0 aliphatic carbocycles. The van der Waals surface area contributed by atoms with Crippen LogP contribution in [0.2, 0.25) is 0 Å². The number of hydrogen-bond acceptors (Lipinski definition) is 3. The highest BCUT2D eigenvalue weighted by Crippen LogP contribution is 2.27. The number of halogens is 2. The lowest BCUT2D eigenvalue weighted by molar-refractivity contribution is -0.123. The normalized spacial score (nSPS) is 10.8. The van der Waals surface area contributed by atoms with Gasteiger partial charge in [-0.15, -0.1) is 0 Å². The van der Waals surface area contributed by atoms with Crippen LogP contribution in [-0.4, -0.2) is 18.7 Å². The Hall–Kier alpha value is -1.66. The lowest BCUT2D eigenvalue weighted by Crippen LogP contribution is -2.25. The number of carbonyl (C=O) groups excluding carboxylic acids is 1. The Labute approximate surface area is 152 Å². The number of hydrazone groups is 1. The first kappa shape index (κ1) is 17.7. The topological polar surface area (TPSA) is 50.7 Å². The molecule has 0 radical (unpaired) electrons. The largest absolute Gasteiger partial charge is 0.483 e. The quantitative estimate of drug-likeness (QED) is 0.555. The van der Waals surface area contributed by atoms with Gasteiger partial charge in [0.2, 0.25) is 0 Å². The van der Waals surface area contributed by atoms with Crippen LogP contribution >= 0.6 is 31.9 Å². The van der Waals surface area contributed by atoms with E-state index < -0.39 is 0 Å². The summed E-state index contributed by atoms with van der Waals surface area (Å²) in [7, 11) is 0. The van der Waals surface area contributed by atoms with Crippen LogP contribution in [0.25, 0.3) is 0 Å². The first-order valence-corrected chi connectivity index (χ1v) is 8.51. The molecule has 120 valence electrons. The van der Waals surface area contributed by atoms with Crippen LogP contribution in [0.1, 0.15) is 16.7 Å². The maximum Gasteiger partial charge on any atom is 0.277 e. The minimum absolute atomic E-state index is 0.0824. The van der Waals surface area contributed by atoms with Crippen molar-refractivity contribution in [2.45, 2.75) is 13.8 Å². The monoisotopic (exact) mass is 438 g/mol.